The third kappa shape index (κ3) is 10.5. The highest BCUT2D eigenvalue weighted by Crippen LogP contribution is 2.12. The van der Waals surface area contributed by atoms with Gasteiger partial charge in [-0.25, -0.2) is 0 Å². The fourth-order valence-electron chi connectivity index (χ4n) is 1.72. The normalized spacial score (nSPS) is 12.6. The summed E-state index contributed by atoms with van der Waals surface area (Å²) in [6.45, 7) is 10.4. The van der Waals surface area contributed by atoms with Crippen molar-refractivity contribution in [3.63, 3.8) is 0 Å². The van der Waals surface area contributed by atoms with Gasteiger partial charge in [0.25, 0.3) is 0 Å². The maximum atomic E-state index is 11.6. The molecule has 0 saturated heterocycles. The maximum absolute atomic E-state index is 11.6. The number of hydrogen-bond acceptors (Lipinski definition) is 4. The second-order valence-corrected chi connectivity index (χ2v) is 5.85. The Bertz CT molecular complexity index is 271. The van der Waals surface area contributed by atoms with E-state index < -0.39 is 0 Å². The van der Waals surface area contributed by atoms with Gasteiger partial charge < -0.3 is 9.47 Å². The van der Waals surface area contributed by atoms with Gasteiger partial charge in [0, 0.05) is 6.42 Å². The number of hydrogen-bond donors (Lipinski definition) is 0. The maximum Gasteiger partial charge on any atom is 0.308 e. The van der Waals surface area contributed by atoms with Crippen LogP contribution in [0.4, 0.5) is 0 Å². The molecule has 4 nitrogen and oxygen atoms in total. The van der Waals surface area contributed by atoms with Crippen LogP contribution in [0.3, 0.4) is 0 Å². The first-order chi connectivity index (χ1) is 8.82. The highest BCUT2D eigenvalue weighted by atomic mass is 16.6. The summed E-state index contributed by atoms with van der Waals surface area (Å²) in [6.07, 6.45) is 2.06. The predicted molar refractivity (Wildman–Crippen MR) is 74.6 cm³/mol. The largest absolute Gasteiger partial charge is 0.462 e. The summed E-state index contributed by atoms with van der Waals surface area (Å²) in [7, 11) is 0. The summed E-state index contributed by atoms with van der Waals surface area (Å²) in [6, 6.07) is 0. The van der Waals surface area contributed by atoms with Crippen molar-refractivity contribution in [2.75, 3.05) is 13.2 Å². The van der Waals surface area contributed by atoms with Gasteiger partial charge in [0.05, 0.1) is 5.92 Å². The van der Waals surface area contributed by atoms with Gasteiger partial charge in [0.15, 0.2) is 0 Å². The molecule has 0 spiro atoms. The van der Waals surface area contributed by atoms with Crippen LogP contribution in [0.25, 0.3) is 0 Å². The molecule has 0 N–H and O–H groups in total. The average molecular weight is 272 g/mol. The van der Waals surface area contributed by atoms with E-state index in [2.05, 4.69) is 27.7 Å². The zero-order valence-corrected chi connectivity index (χ0v) is 12.9. The van der Waals surface area contributed by atoms with Crippen molar-refractivity contribution >= 4 is 11.9 Å². The number of ether oxygens (including phenoxy) is 2. The van der Waals surface area contributed by atoms with Crippen molar-refractivity contribution in [3.05, 3.63) is 0 Å². The van der Waals surface area contributed by atoms with Gasteiger partial charge in [-0.05, 0) is 24.7 Å². The molecule has 0 aliphatic rings. The molecular weight excluding hydrogens is 244 g/mol. The van der Waals surface area contributed by atoms with E-state index in [1.54, 1.807) is 0 Å². The smallest absolute Gasteiger partial charge is 0.308 e. The Morgan fingerprint density at radius 3 is 2.00 bits per heavy atom. The van der Waals surface area contributed by atoms with E-state index in [4.69, 9.17) is 9.47 Å². The molecule has 4 heteroatoms. The Labute approximate surface area is 116 Å². The SMILES string of the molecule is CC(C)CCC(=O)OCCOC(=O)C(C)CC(C)C. The first-order valence-corrected chi connectivity index (χ1v) is 7.15. The summed E-state index contributed by atoms with van der Waals surface area (Å²) in [5.41, 5.74) is 0. The van der Waals surface area contributed by atoms with Gasteiger partial charge in [-0.1, -0.05) is 34.6 Å². The highest BCUT2D eigenvalue weighted by Gasteiger charge is 2.15. The van der Waals surface area contributed by atoms with Crippen LogP contribution >= 0.6 is 0 Å². The molecule has 0 heterocycles. The molecule has 0 fully saturated rings. The van der Waals surface area contributed by atoms with E-state index >= 15 is 0 Å². The Balaban J connectivity index is 3.63. The topological polar surface area (TPSA) is 52.6 Å². The lowest BCUT2D eigenvalue weighted by Crippen LogP contribution is -2.20. The zero-order valence-electron chi connectivity index (χ0n) is 12.9. The Morgan fingerprint density at radius 2 is 1.47 bits per heavy atom. The molecule has 112 valence electrons. The van der Waals surface area contributed by atoms with Crippen molar-refractivity contribution < 1.29 is 19.1 Å². The molecule has 0 amide bonds. The third-order valence-corrected chi connectivity index (χ3v) is 2.74. The van der Waals surface area contributed by atoms with Crippen molar-refractivity contribution in [1.82, 2.24) is 0 Å². The van der Waals surface area contributed by atoms with Crippen LogP contribution < -0.4 is 0 Å². The summed E-state index contributed by atoms with van der Waals surface area (Å²) in [5.74, 6) is 0.419. The van der Waals surface area contributed by atoms with Gasteiger partial charge in [-0.3, -0.25) is 9.59 Å². The molecule has 0 aliphatic carbocycles. The Kier molecular flexibility index (Phi) is 9.27. The lowest BCUT2D eigenvalue weighted by molar-refractivity contribution is -0.155. The number of carbonyl (C=O) groups is 2. The quantitative estimate of drug-likeness (QED) is 0.478. The third-order valence-electron chi connectivity index (χ3n) is 2.74. The molecule has 0 radical (unpaired) electrons. The summed E-state index contributed by atoms with van der Waals surface area (Å²) in [4.78, 5) is 22.9. The van der Waals surface area contributed by atoms with Gasteiger partial charge in [0.1, 0.15) is 13.2 Å². The summed E-state index contributed by atoms with van der Waals surface area (Å²) >= 11 is 0. The van der Waals surface area contributed by atoms with Gasteiger partial charge in [-0.2, -0.15) is 0 Å². The summed E-state index contributed by atoms with van der Waals surface area (Å²) < 4.78 is 10.1. The number of esters is 2. The predicted octanol–water partition coefficient (Wildman–Crippen LogP) is 3.19. The zero-order chi connectivity index (χ0) is 14.8. The van der Waals surface area contributed by atoms with Crippen molar-refractivity contribution in [2.24, 2.45) is 17.8 Å². The Morgan fingerprint density at radius 1 is 0.895 bits per heavy atom. The lowest BCUT2D eigenvalue weighted by atomic mass is 9.99. The Hall–Kier alpha value is -1.06. The van der Waals surface area contributed by atoms with Crippen LogP contribution in [0.1, 0.15) is 53.9 Å². The van der Waals surface area contributed by atoms with Crippen LogP contribution in [0, 0.1) is 17.8 Å². The van der Waals surface area contributed by atoms with Crippen LogP contribution in [0.15, 0.2) is 0 Å². The van der Waals surface area contributed by atoms with E-state index in [1.807, 2.05) is 6.92 Å². The van der Waals surface area contributed by atoms with Crippen molar-refractivity contribution in [1.29, 1.82) is 0 Å². The molecule has 0 saturated carbocycles. The molecule has 1 atom stereocenters. The molecular formula is C15H28O4. The second-order valence-electron chi connectivity index (χ2n) is 5.85. The monoisotopic (exact) mass is 272 g/mol. The molecule has 0 aliphatic heterocycles. The van der Waals surface area contributed by atoms with Gasteiger partial charge in [0.2, 0.25) is 0 Å². The van der Waals surface area contributed by atoms with Crippen LogP contribution in [-0.2, 0) is 19.1 Å². The average Bonchev–Trinajstić information content (AvgIpc) is 2.30. The van der Waals surface area contributed by atoms with Gasteiger partial charge >= 0.3 is 11.9 Å². The molecule has 0 rings (SSSR count). The molecule has 0 aromatic heterocycles. The lowest BCUT2D eigenvalue weighted by Gasteiger charge is -2.13. The minimum Gasteiger partial charge on any atom is -0.462 e. The van der Waals surface area contributed by atoms with E-state index in [0.29, 0.717) is 18.3 Å². The van der Waals surface area contributed by atoms with Crippen LogP contribution in [0.2, 0.25) is 0 Å². The molecule has 1 unspecified atom stereocenters. The minimum absolute atomic E-state index is 0.100. The van der Waals surface area contributed by atoms with E-state index in [-0.39, 0.29) is 31.1 Å². The second kappa shape index (κ2) is 9.82. The van der Waals surface area contributed by atoms with Gasteiger partial charge in [-0.15, -0.1) is 0 Å². The molecule has 0 bridgehead atoms. The number of rotatable bonds is 9. The minimum atomic E-state index is -0.222. The molecule has 0 aromatic rings. The van der Waals surface area contributed by atoms with E-state index in [0.717, 1.165) is 12.8 Å². The van der Waals surface area contributed by atoms with Crippen LogP contribution in [0.5, 0.6) is 0 Å². The van der Waals surface area contributed by atoms with Crippen LogP contribution in [-0.4, -0.2) is 25.2 Å². The van der Waals surface area contributed by atoms with Crippen molar-refractivity contribution in [2.45, 2.75) is 53.9 Å². The fraction of sp³-hybridized carbons (Fsp3) is 0.867. The highest BCUT2D eigenvalue weighted by molar-refractivity contribution is 5.72. The first kappa shape index (κ1) is 17.9. The molecule has 19 heavy (non-hydrogen) atoms. The van der Waals surface area contributed by atoms with E-state index in [9.17, 15) is 9.59 Å². The van der Waals surface area contributed by atoms with E-state index in [1.165, 1.54) is 0 Å². The summed E-state index contributed by atoms with van der Waals surface area (Å²) in [5, 5.41) is 0. The first-order valence-electron chi connectivity index (χ1n) is 7.15. The van der Waals surface area contributed by atoms with Crippen molar-refractivity contribution in [3.8, 4) is 0 Å². The molecule has 0 aromatic carbocycles. The number of carbonyl (C=O) groups excluding carboxylic acids is 2. The fourth-order valence-corrected chi connectivity index (χ4v) is 1.72. The standard InChI is InChI=1S/C15H28O4/c1-11(2)6-7-14(16)18-8-9-19-15(17)13(5)10-12(3)4/h11-13H,6-10H2,1-5H3.